The molecule has 1 unspecified atom stereocenters. The Balaban J connectivity index is 1.91. The standard InChI is InChI=1S/C17H14FN3O2/c18-17-7-13(4-5-20-17)12-2-1-3-14(6-12)16(23-11-22)8-15-9-19-10-21-15/h1-7,9-11,16H,8H2,(H,19,21). The van der Waals surface area contributed by atoms with Gasteiger partial charge in [-0.05, 0) is 28.8 Å². The molecule has 23 heavy (non-hydrogen) atoms. The van der Waals surface area contributed by atoms with Crippen LogP contribution in [-0.2, 0) is 16.0 Å². The normalized spacial score (nSPS) is 11.9. The molecule has 0 bridgehead atoms. The lowest BCUT2D eigenvalue weighted by atomic mass is 9.99. The lowest BCUT2D eigenvalue weighted by Gasteiger charge is -2.16. The molecule has 0 radical (unpaired) electrons. The van der Waals surface area contributed by atoms with Crippen molar-refractivity contribution in [3.63, 3.8) is 0 Å². The highest BCUT2D eigenvalue weighted by Gasteiger charge is 2.15. The molecule has 0 saturated heterocycles. The quantitative estimate of drug-likeness (QED) is 0.561. The van der Waals surface area contributed by atoms with E-state index in [0.29, 0.717) is 18.5 Å². The third-order valence-electron chi connectivity index (χ3n) is 3.50. The number of hydrogen-bond donors (Lipinski definition) is 1. The number of aromatic nitrogens is 3. The fraction of sp³-hybridized carbons (Fsp3) is 0.118. The second-order valence-electron chi connectivity index (χ2n) is 4.99. The largest absolute Gasteiger partial charge is 0.459 e. The van der Waals surface area contributed by atoms with Crippen molar-refractivity contribution in [3.05, 3.63) is 72.3 Å². The number of aromatic amines is 1. The summed E-state index contributed by atoms with van der Waals surface area (Å²) in [6.45, 7) is 0.430. The van der Waals surface area contributed by atoms with Crippen LogP contribution in [0, 0.1) is 5.95 Å². The first-order valence-electron chi connectivity index (χ1n) is 7.04. The first-order valence-corrected chi connectivity index (χ1v) is 7.04. The van der Waals surface area contributed by atoms with Crippen molar-refractivity contribution >= 4 is 6.47 Å². The van der Waals surface area contributed by atoms with Crippen LogP contribution in [0.4, 0.5) is 4.39 Å². The summed E-state index contributed by atoms with van der Waals surface area (Å²) >= 11 is 0. The smallest absolute Gasteiger partial charge is 0.293 e. The number of halogens is 1. The molecule has 2 heterocycles. The van der Waals surface area contributed by atoms with Gasteiger partial charge in [0, 0.05) is 30.6 Å². The molecule has 0 fully saturated rings. The van der Waals surface area contributed by atoms with E-state index in [1.165, 1.54) is 12.3 Å². The fourth-order valence-electron chi connectivity index (χ4n) is 2.41. The van der Waals surface area contributed by atoms with Gasteiger partial charge in [0.05, 0.1) is 6.33 Å². The highest BCUT2D eigenvalue weighted by Crippen LogP contribution is 2.26. The number of H-pyrrole nitrogens is 1. The summed E-state index contributed by atoms with van der Waals surface area (Å²) in [6, 6.07) is 10.5. The molecule has 1 N–H and O–H groups in total. The zero-order valence-corrected chi connectivity index (χ0v) is 12.1. The zero-order chi connectivity index (χ0) is 16.1. The molecule has 0 aliphatic carbocycles. The maximum absolute atomic E-state index is 13.3. The van der Waals surface area contributed by atoms with Gasteiger partial charge >= 0.3 is 0 Å². The molecule has 1 atom stereocenters. The van der Waals surface area contributed by atoms with E-state index < -0.39 is 12.1 Å². The van der Waals surface area contributed by atoms with Gasteiger partial charge in [-0.2, -0.15) is 4.39 Å². The maximum Gasteiger partial charge on any atom is 0.293 e. The summed E-state index contributed by atoms with van der Waals surface area (Å²) in [5.74, 6) is -0.536. The van der Waals surface area contributed by atoms with E-state index in [2.05, 4.69) is 15.0 Å². The van der Waals surface area contributed by atoms with Gasteiger partial charge in [-0.1, -0.05) is 18.2 Å². The minimum absolute atomic E-state index is 0.430. The van der Waals surface area contributed by atoms with Crippen LogP contribution < -0.4 is 0 Å². The number of pyridine rings is 1. The van der Waals surface area contributed by atoms with Gasteiger partial charge in [0.25, 0.3) is 6.47 Å². The highest BCUT2D eigenvalue weighted by atomic mass is 19.1. The lowest BCUT2D eigenvalue weighted by molar-refractivity contribution is -0.133. The number of imidazole rings is 1. The number of rotatable bonds is 6. The number of hydrogen-bond acceptors (Lipinski definition) is 4. The lowest BCUT2D eigenvalue weighted by Crippen LogP contribution is -2.07. The van der Waals surface area contributed by atoms with Crippen LogP contribution in [0.5, 0.6) is 0 Å². The fourth-order valence-corrected chi connectivity index (χ4v) is 2.41. The van der Waals surface area contributed by atoms with Gasteiger partial charge in [-0.3, -0.25) is 4.79 Å². The van der Waals surface area contributed by atoms with Crippen LogP contribution in [-0.4, -0.2) is 21.4 Å². The Kier molecular flexibility index (Phi) is 4.42. The average Bonchev–Trinajstić information content (AvgIpc) is 3.08. The van der Waals surface area contributed by atoms with Gasteiger partial charge in [-0.15, -0.1) is 0 Å². The van der Waals surface area contributed by atoms with Crippen LogP contribution in [0.25, 0.3) is 11.1 Å². The minimum atomic E-state index is -0.536. The summed E-state index contributed by atoms with van der Waals surface area (Å²) in [4.78, 5) is 21.3. The summed E-state index contributed by atoms with van der Waals surface area (Å²) in [7, 11) is 0. The van der Waals surface area contributed by atoms with E-state index in [9.17, 15) is 9.18 Å². The maximum atomic E-state index is 13.3. The number of benzene rings is 1. The summed E-state index contributed by atoms with van der Waals surface area (Å²) < 4.78 is 18.5. The average molecular weight is 311 g/mol. The SMILES string of the molecule is O=COC(Cc1cnc[nH]1)c1cccc(-c2ccnc(F)c2)c1. The van der Waals surface area contributed by atoms with Crippen molar-refractivity contribution in [1.29, 1.82) is 0 Å². The highest BCUT2D eigenvalue weighted by molar-refractivity contribution is 5.63. The summed E-state index contributed by atoms with van der Waals surface area (Å²) in [6.07, 6.45) is 4.71. The van der Waals surface area contributed by atoms with E-state index >= 15 is 0 Å². The molecule has 0 aliphatic rings. The van der Waals surface area contributed by atoms with E-state index in [1.807, 2.05) is 24.3 Å². The monoisotopic (exact) mass is 311 g/mol. The molecule has 3 aromatic rings. The van der Waals surface area contributed by atoms with Gasteiger partial charge < -0.3 is 9.72 Å². The van der Waals surface area contributed by atoms with Crippen LogP contribution in [0.2, 0.25) is 0 Å². The van der Waals surface area contributed by atoms with Crippen molar-refractivity contribution in [2.45, 2.75) is 12.5 Å². The Bertz CT molecular complexity index is 790. The summed E-state index contributed by atoms with van der Waals surface area (Å²) in [5, 5.41) is 0. The molecule has 3 rings (SSSR count). The Morgan fingerprint density at radius 3 is 2.87 bits per heavy atom. The molecule has 0 saturated carbocycles. The van der Waals surface area contributed by atoms with E-state index in [-0.39, 0.29) is 0 Å². The molecule has 2 aromatic heterocycles. The Labute approximate surface area is 132 Å². The minimum Gasteiger partial charge on any atom is -0.459 e. The van der Waals surface area contributed by atoms with Crippen LogP contribution in [0.15, 0.2) is 55.1 Å². The van der Waals surface area contributed by atoms with Crippen molar-refractivity contribution in [1.82, 2.24) is 15.0 Å². The molecule has 0 amide bonds. The van der Waals surface area contributed by atoms with Crippen molar-refractivity contribution in [2.24, 2.45) is 0 Å². The molecule has 6 heteroatoms. The van der Waals surface area contributed by atoms with Gasteiger partial charge in [0.1, 0.15) is 6.10 Å². The van der Waals surface area contributed by atoms with Crippen molar-refractivity contribution in [3.8, 4) is 11.1 Å². The molecule has 1 aromatic carbocycles. The Hall–Kier alpha value is -3.02. The first kappa shape index (κ1) is 14.9. The molecule has 5 nitrogen and oxygen atoms in total. The van der Waals surface area contributed by atoms with Crippen LogP contribution in [0.3, 0.4) is 0 Å². The second kappa shape index (κ2) is 6.83. The van der Waals surface area contributed by atoms with Gasteiger partial charge in [0.15, 0.2) is 0 Å². The van der Waals surface area contributed by atoms with Crippen molar-refractivity contribution < 1.29 is 13.9 Å². The third kappa shape index (κ3) is 3.60. The number of ether oxygens (including phenoxy) is 1. The predicted octanol–water partition coefficient (Wildman–Crippen LogP) is 3.07. The van der Waals surface area contributed by atoms with Gasteiger partial charge in [-0.25, -0.2) is 9.97 Å². The first-order chi connectivity index (χ1) is 11.3. The topological polar surface area (TPSA) is 67.9 Å². The van der Waals surface area contributed by atoms with Crippen molar-refractivity contribution in [2.75, 3.05) is 0 Å². The number of carbonyl (C=O) groups is 1. The van der Waals surface area contributed by atoms with Crippen LogP contribution in [0.1, 0.15) is 17.4 Å². The van der Waals surface area contributed by atoms with Gasteiger partial charge in [0.2, 0.25) is 5.95 Å². The second-order valence-corrected chi connectivity index (χ2v) is 4.99. The molecule has 116 valence electrons. The number of carbonyl (C=O) groups excluding carboxylic acids is 1. The molecular formula is C17H14FN3O2. The third-order valence-corrected chi connectivity index (χ3v) is 3.50. The number of nitrogens with zero attached hydrogens (tertiary/aromatic N) is 2. The number of nitrogens with one attached hydrogen (secondary N) is 1. The predicted molar refractivity (Wildman–Crippen MR) is 81.8 cm³/mol. The molecule has 0 aliphatic heterocycles. The van der Waals surface area contributed by atoms with E-state index in [0.717, 1.165) is 16.8 Å². The molecular weight excluding hydrogens is 297 g/mol. The Morgan fingerprint density at radius 2 is 2.13 bits per heavy atom. The summed E-state index contributed by atoms with van der Waals surface area (Å²) in [5.41, 5.74) is 3.22. The van der Waals surface area contributed by atoms with Crippen LogP contribution >= 0.6 is 0 Å². The molecule has 0 spiro atoms. The van der Waals surface area contributed by atoms with E-state index in [4.69, 9.17) is 4.74 Å². The zero-order valence-electron chi connectivity index (χ0n) is 12.1. The van der Waals surface area contributed by atoms with E-state index in [1.54, 1.807) is 18.6 Å². The Morgan fingerprint density at radius 1 is 1.26 bits per heavy atom.